The summed E-state index contributed by atoms with van der Waals surface area (Å²) in [6.07, 6.45) is -2.77. The van der Waals surface area contributed by atoms with E-state index in [1.165, 1.54) is 6.92 Å². The lowest BCUT2D eigenvalue weighted by molar-refractivity contribution is -0.153. The maximum absolute atomic E-state index is 12.1. The van der Waals surface area contributed by atoms with Crippen molar-refractivity contribution in [1.82, 2.24) is 0 Å². The molecule has 0 aliphatic heterocycles. The zero-order valence-corrected chi connectivity index (χ0v) is 14.8. The largest absolute Gasteiger partial charge is 0.478 e. The molecule has 0 heterocycles. The molecule has 0 unspecified atom stereocenters. The Labute approximate surface area is 151 Å². The van der Waals surface area contributed by atoms with Gasteiger partial charge in [-0.15, -0.1) is 0 Å². The van der Waals surface area contributed by atoms with E-state index in [9.17, 15) is 19.5 Å². The summed E-state index contributed by atoms with van der Waals surface area (Å²) in [6.45, 7) is 5.11. The Morgan fingerprint density at radius 3 is 1.54 bits per heavy atom. The molecule has 0 fully saturated rings. The first-order chi connectivity index (χ1) is 12.3. The number of benzene rings is 2. The Kier molecular flexibility index (Phi) is 6.11. The van der Waals surface area contributed by atoms with Crippen LogP contribution in [0.3, 0.4) is 0 Å². The SMILES string of the molecule is Cc1ccc(C(=O)O[C@@H](C)[C@@H](OC(=O)c2ccc(C)cc2)C(=O)O)cc1. The van der Waals surface area contributed by atoms with Gasteiger partial charge in [-0.25, -0.2) is 14.4 Å². The summed E-state index contributed by atoms with van der Waals surface area (Å²) in [5.41, 5.74) is 2.44. The van der Waals surface area contributed by atoms with Crippen LogP contribution in [0.5, 0.6) is 0 Å². The molecule has 0 saturated carbocycles. The van der Waals surface area contributed by atoms with Gasteiger partial charge in [0, 0.05) is 0 Å². The van der Waals surface area contributed by atoms with E-state index in [1.807, 2.05) is 13.8 Å². The van der Waals surface area contributed by atoms with Gasteiger partial charge in [0.25, 0.3) is 0 Å². The zero-order valence-electron chi connectivity index (χ0n) is 14.8. The van der Waals surface area contributed by atoms with Gasteiger partial charge in [-0.3, -0.25) is 0 Å². The van der Waals surface area contributed by atoms with Crippen molar-refractivity contribution in [3.05, 3.63) is 70.8 Å². The molecular formula is C20H20O6. The minimum absolute atomic E-state index is 0.221. The normalized spacial score (nSPS) is 12.7. The van der Waals surface area contributed by atoms with E-state index < -0.39 is 30.1 Å². The smallest absolute Gasteiger partial charge is 0.348 e. The number of hydrogen-bond donors (Lipinski definition) is 1. The van der Waals surface area contributed by atoms with E-state index >= 15 is 0 Å². The van der Waals surface area contributed by atoms with Crippen molar-refractivity contribution in [2.45, 2.75) is 33.0 Å². The molecule has 0 saturated heterocycles. The van der Waals surface area contributed by atoms with Crippen LogP contribution in [0.15, 0.2) is 48.5 Å². The number of carbonyl (C=O) groups excluding carboxylic acids is 2. The van der Waals surface area contributed by atoms with Gasteiger partial charge in [0.15, 0.2) is 0 Å². The average molecular weight is 356 g/mol. The lowest BCUT2D eigenvalue weighted by Gasteiger charge is -2.21. The Morgan fingerprint density at radius 1 is 0.769 bits per heavy atom. The van der Waals surface area contributed by atoms with Gasteiger partial charge >= 0.3 is 17.9 Å². The van der Waals surface area contributed by atoms with Crippen molar-refractivity contribution in [3.63, 3.8) is 0 Å². The fraction of sp³-hybridized carbons (Fsp3) is 0.250. The van der Waals surface area contributed by atoms with Crippen LogP contribution in [0.4, 0.5) is 0 Å². The van der Waals surface area contributed by atoms with Crippen molar-refractivity contribution in [1.29, 1.82) is 0 Å². The van der Waals surface area contributed by atoms with Crippen LogP contribution in [0.25, 0.3) is 0 Å². The molecule has 2 rings (SSSR count). The maximum atomic E-state index is 12.1. The number of aliphatic carboxylic acids is 1. The van der Waals surface area contributed by atoms with Crippen LogP contribution >= 0.6 is 0 Å². The molecule has 0 amide bonds. The fourth-order valence-electron chi connectivity index (χ4n) is 2.21. The summed E-state index contributed by atoms with van der Waals surface area (Å²) in [7, 11) is 0. The highest BCUT2D eigenvalue weighted by Crippen LogP contribution is 2.13. The highest BCUT2D eigenvalue weighted by molar-refractivity contribution is 5.92. The van der Waals surface area contributed by atoms with Gasteiger partial charge in [-0.2, -0.15) is 0 Å². The van der Waals surface area contributed by atoms with Gasteiger partial charge < -0.3 is 14.6 Å². The lowest BCUT2D eigenvalue weighted by atomic mass is 10.1. The third kappa shape index (κ3) is 4.92. The molecule has 0 bridgehead atoms. The topological polar surface area (TPSA) is 89.9 Å². The number of carbonyl (C=O) groups is 3. The van der Waals surface area contributed by atoms with Gasteiger partial charge in [0.2, 0.25) is 6.10 Å². The summed E-state index contributed by atoms with van der Waals surface area (Å²) in [6, 6.07) is 13.2. The minimum atomic E-state index is -1.61. The number of carboxylic acids is 1. The van der Waals surface area contributed by atoms with E-state index in [4.69, 9.17) is 9.47 Å². The van der Waals surface area contributed by atoms with Gasteiger partial charge in [-0.1, -0.05) is 35.4 Å². The Hall–Kier alpha value is -3.15. The fourth-order valence-corrected chi connectivity index (χ4v) is 2.21. The van der Waals surface area contributed by atoms with E-state index in [2.05, 4.69) is 0 Å². The molecular weight excluding hydrogens is 336 g/mol. The van der Waals surface area contributed by atoms with Crippen LogP contribution in [-0.2, 0) is 14.3 Å². The second-order valence-corrected chi connectivity index (χ2v) is 6.01. The number of aryl methyl sites for hydroxylation is 2. The van der Waals surface area contributed by atoms with Crippen molar-refractivity contribution < 1.29 is 29.0 Å². The average Bonchev–Trinajstić information content (AvgIpc) is 2.60. The first kappa shape index (κ1) is 19.2. The molecule has 0 aromatic heterocycles. The third-order valence-electron chi connectivity index (χ3n) is 3.77. The first-order valence-corrected chi connectivity index (χ1v) is 8.06. The van der Waals surface area contributed by atoms with Gasteiger partial charge in [0.1, 0.15) is 6.10 Å². The summed E-state index contributed by atoms with van der Waals surface area (Å²) in [5.74, 6) is -2.87. The number of esters is 2. The summed E-state index contributed by atoms with van der Waals surface area (Å²) in [5, 5.41) is 9.33. The Balaban J connectivity index is 2.06. The summed E-state index contributed by atoms with van der Waals surface area (Å²) >= 11 is 0. The first-order valence-electron chi connectivity index (χ1n) is 8.06. The van der Waals surface area contributed by atoms with Crippen molar-refractivity contribution in [3.8, 4) is 0 Å². The van der Waals surface area contributed by atoms with E-state index in [-0.39, 0.29) is 11.1 Å². The highest BCUT2D eigenvalue weighted by Gasteiger charge is 2.32. The van der Waals surface area contributed by atoms with Gasteiger partial charge in [-0.05, 0) is 45.0 Å². The number of ether oxygens (including phenoxy) is 2. The van der Waals surface area contributed by atoms with Crippen molar-refractivity contribution in [2.75, 3.05) is 0 Å². The Bertz CT molecular complexity index is 792. The van der Waals surface area contributed by atoms with Gasteiger partial charge in [0.05, 0.1) is 11.1 Å². The predicted molar refractivity (Wildman–Crippen MR) is 94.1 cm³/mol. The van der Waals surface area contributed by atoms with Crippen LogP contribution in [0.2, 0.25) is 0 Å². The monoisotopic (exact) mass is 356 g/mol. The van der Waals surface area contributed by atoms with E-state index in [1.54, 1.807) is 48.5 Å². The van der Waals surface area contributed by atoms with E-state index in [0.29, 0.717) is 0 Å². The maximum Gasteiger partial charge on any atom is 0.348 e. The second kappa shape index (κ2) is 8.29. The molecule has 0 aliphatic rings. The second-order valence-electron chi connectivity index (χ2n) is 6.01. The molecule has 0 radical (unpaired) electrons. The number of carboxylic acid groups (broad SMARTS) is 1. The third-order valence-corrected chi connectivity index (χ3v) is 3.77. The van der Waals surface area contributed by atoms with Crippen LogP contribution in [0.1, 0.15) is 38.8 Å². The zero-order chi connectivity index (χ0) is 19.3. The summed E-state index contributed by atoms with van der Waals surface area (Å²) < 4.78 is 10.2. The molecule has 2 aromatic carbocycles. The molecule has 26 heavy (non-hydrogen) atoms. The molecule has 0 aliphatic carbocycles. The van der Waals surface area contributed by atoms with E-state index in [0.717, 1.165) is 11.1 Å². The standard InChI is InChI=1S/C20H20O6/c1-12-4-8-15(9-5-12)19(23)25-14(3)17(18(21)22)26-20(24)16-10-6-13(2)7-11-16/h4-11,14,17H,1-3H3,(H,21,22)/t14-,17+/m0/s1. The van der Waals surface area contributed by atoms with Crippen LogP contribution in [-0.4, -0.2) is 35.2 Å². The minimum Gasteiger partial charge on any atom is -0.478 e. The molecule has 2 atom stereocenters. The summed E-state index contributed by atoms with van der Waals surface area (Å²) in [4.78, 5) is 35.7. The highest BCUT2D eigenvalue weighted by atomic mass is 16.6. The quantitative estimate of drug-likeness (QED) is 0.800. The van der Waals surface area contributed by atoms with Crippen LogP contribution in [0, 0.1) is 13.8 Å². The predicted octanol–water partition coefficient (Wildman–Crippen LogP) is 3.16. The molecule has 6 nitrogen and oxygen atoms in total. The molecule has 1 N–H and O–H groups in total. The molecule has 2 aromatic rings. The Morgan fingerprint density at radius 2 is 1.15 bits per heavy atom. The molecule has 136 valence electrons. The molecule has 0 spiro atoms. The lowest BCUT2D eigenvalue weighted by Crippen LogP contribution is -2.39. The van der Waals surface area contributed by atoms with Crippen molar-refractivity contribution in [2.24, 2.45) is 0 Å². The van der Waals surface area contributed by atoms with Crippen molar-refractivity contribution >= 4 is 17.9 Å². The number of rotatable bonds is 6. The molecule has 6 heteroatoms. The number of hydrogen-bond acceptors (Lipinski definition) is 5. The van der Waals surface area contributed by atoms with Crippen LogP contribution < -0.4 is 0 Å².